The molecule has 1 atom stereocenters. The van der Waals surface area contributed by atoms with Crippen LogP contribution in [0.2, 0.25) is 0 Å². The Labute approximate surface area is 271 Å². The SMILES string of the molecule is C=CC=C.CCC.COC(C)=O.O=C(NC(Cc1ccccc1)C(=O)O)c1ccc(-c2ccc(OCC3=CCCC=C3)cc2)s1. The molecule has 0 saturated carbocycles. The van der Waals surface area contributed by atoms with Gasteiger partial charge in [0.1, 0.15) is 18.4 Å². The van der Waals surface area contributed by atoms with Crippen LogP contribution in [0.4, 0.5) is 0 Å². The molecule has 2 N–H and O–H groups in total. The fourth-order valence-corrected chi connectivity index (χ4v) is 4.47. The Balaban J connectivity index is 0.000000725. The molecular weight excluding hydrogens is 586 g/mol. The van der Waals surface area contributed by atoms with E-state index in [1.807, 2.05) is 60.7 Å². The second kappa shape index (κ2) is 22.8. The van der Waals surface area contributed by atoms with E-state index in [0.717, 1.165) is 34.6 Å². The maximum absolute atomic E-state index is 12.7. The minimum Gasteiger partial charge on any atom is -0.489 e. The number of allylic oxidation sites excluding steroid dienone is 4. The Bertz CT molecular complexity index is 1380. The Kier molecular flexibility index (Phi) is 19.4. The topological polar surface area (TPSA) is 102 Å². The molecule has 1 aromatic heterocycles. The number of ether oxygens (including phenoxy) is 2. The van der Waals surface area contributed by atoms with Gasteiger partial charge in [0.15, 0.2) is 0 Å². The summed E-state index contributed by atoms with van der Waals surface area (Å²) in [5.74, 6) is -0.897. The number of amides is 1. The van der Waals surface area contributed by atoms with E-state index in [9.17, 15) is 19.5 Å². The largest absolute Gasteiger partial charge is 0.489 e. The number of hydrogen-bond acceptors (Lipinski definition) is 6. The molecule has 7 nitrogen and oxygen atoms in total. The van der Waals surface area contributed by atoms with Crippen LogP contribution in [0.1, 0.15) is 55.3 Å². The van der Waals surface area contributed by atoms with Gasteiger partial charge in [0.05, 0.1) is 12.0 Å². The molecule has 0 saturated heterocycles. The highest BCUT2D eigenvalue weighted by molar-refractivity contribution is 7.17. The van der Waals surface area contributed by atoms with E-state index in [0.29, 0.717) is 11.5 Å². The molecular formula is C37H45NO6S. The fraction of sp³-hybridized carbons (Fsp3) is 0.270. The average Bonchev–Trinajstić information content (AvgIpc) is 3.56. The summed E-state index contributed by atoms with van der Waals surface area (Å²) in [4.78, 5) is 35.3. The number of methoxy groups -OCH3 is 1. The molecule has 0 spiro atoms. The van der Waals surface area contributed by atoms with Crippen LogP contribution in [0, 0.1) is 0 Å². The number of carboxylic acids is 1. The summed E-state index contributed by atoms with van der Waals surface area (Å²) in [5, 5.41) is 12.2. The van der Waals surface area contributed by atoms with Crippen molar-refractivity contribution in [2.24, 2.45) is 0 Å². The molecule has 1 aliphatic rings. The van der Waals surface area contributed by atoms with Crippen LogP contribution >= 0.6 is 11.3 Å². The summed E-state index contributed by atoms with van der Waals surface area (Å²) in [7, 11) is 1.35. The van der Waals surface area contributed by atoms with Crippen LogP contribution in [0.25, 0.3) is 10.4 Å². The summed E-state index contributed by atoms with van der Waals surface area (Å²) in [6.07, 6.45) is 13.4. The van der Waals surface area contributed by atoms with Crippen molar-refractivity contribution in [2.45, 2.75) is 52.5 Å². The predicted molar refractivity (Wildman–Crippen MR) is 185 cm³/mol. The third-order valence-electron chi connectivity index (χ3n) is 5.79. The number of carbonyl (C=O) groups is 3. The van der Waals surface area contributed by atoms with Crippen LogP contribution in [-0.4, -0.2) is 42.7 Å². The van der Waals surface area contributed by atoms with Crippen LogP contribution in [0.3, 0.4) is 0 Å². The average molecular weight is 632 g/mol. The molecule has 2 aromatic carbocycles. The highest BCUT2D eigenvalue weighted by Gasteiger charge is 2.22. The second-order valence-electron chi connectivity index (χ2n) is 9.66. The summed E-state index contributed by atoms with van der Waals surface area (Å²) < 4.78 is 9.97. The van der Waals surface area contributed by atoms with Gasteiger partial charge >= 0.3 is 11.9 Å². The molecule has 3 aromatic rings. The van der Waals surface area contributed by atoms with Gasteiger partial charge in [0, 0.05) is 18.2 Å². The number of thiophene rings is 1. The van der Waals surface area contributed by atoms with Gasteiger partial charge in [-0.3, -0.25) is 9.59 Å². The van der Waals surface area contributed by atoms with E-state index in [2.05, 4.69) is 55.3 Å². The monoisotopic (exact) mass is 631 g/mol. The lowest BCUT2D eigenvalue weighted by Crippen LogP contribution is -2.42. The lowest BCUT2D eigenvalue weighted by molar-refractivity contribution is -0.139. The third kappa shape index (κ3) is 16.1. The lowest BCUT2D eigenvalue weighted by Gasteiger charge is -2.14. The number of nitrogens with one attached hydrogen (secondary N) is 1. The number of carboxylic acid groups (broad SMARTS) is 1. The first-order chi connectivity index (χ1) is 21.7. The molecule has 1 aliphatic carbocycles. The normalized spacial score (nSPS) is 11.7. The van der Waals surface area contributed by atoms with Crippen LogP contribution in [-0.2, 0) is 20.7 Å². The van der Waals surface area contributed by atoms with Crippen molar-refractivity contribution in [3.63, 3.8) is 0 Å². The standard InChI is InChI=1S/C27H25NO4S.C4H6.C3H6O2.C3H8/c29-26(28-23(27(30)31)17-19-7-3-1-4-8-19)25-16-15-24(33-25)21-11-13-22(14-12-21)32-18-20-9-5-2-6-10-20;1-3-4-2;1-3(4)5-2;1-3-2/h1,3-5,7-16,23H,2,6,17-18H2,(H,28,29)(H,30,31);3-4H,1-2H2;1-2H3;3H2,1-2H3. The molecule has 240 valence electrons. The van der Waals surface area contributed by atoms with E-state index in [4.69, 9.17) is 4.74 Å². The number of esters is 1. The number of hydrogen-bond donors (Lipinski definition) is 2. The Morgan fingerprint density at radius 1 is 0.978 bits per heavy atom. The van der Waals surface area contributed by atoms with Gasteiger partial charge in [-0.25, -0.2) is 4.79 Å². The summed E-state index contributed by atoms with van der Waals surface area (Å²) in [6.45, 7) is 12.9. The zero-order valence-corrected chi connectivity index (χ0v) is 27.5. The molecule has 1 unspecified atom stereocenters. The number of aliphatic carboxylic acids is 1. The van der Waals surface area contributed by atoms with Crippen LogP contribution in [0.5, 0.6) is 5.75 Å². The maximum atomic E-state index is 12.7. The minimum absolute atomic E-state index is 0.230. The van der Waals surface area contributed by atoms with E-state index in [1.165, 1.54) is 37.4 Å². The molecule has 0 bridgehead atoms. The van der Waals surface area contributed by atoms with E-state index in [-0.39, 0.29) is 18.3 Å². The number of rotatable bonds is 10. The van der Waals surface area contributed by atoms with Crippen molar-refractivity contribution < 1.29 is 29.0 Å². The van der Waals surface area contributed by atoms with E-state index >= 15 is 0 Å². The van der Waals surface area contributed by atoms with Gasteiger partial charge in [0.25, 0.3) is 5.91 Å². The number of carbonyl (C=O) groups excluding carboxylic acids is 2. The second-order valence-corrected chi connectivity index (χ2v) is 10.7. The molecule has 0 fully saturated rings. The van der Waals surface area contributed by atoms with Crippen molar-refractivity contribution in [3.8, 4) is 16.2 Å². The fourth-order valence-electron chi connectivity index (χ4n) is 3.55. The molecule has 4 rings (SSSR count). The molecule has 0 aliphatic heterocycles. The van der Waals surface area contributed by atoms with Crippen molar-refractivity contribution >= 4 is 29.2 Å². The first kappa shape index (κ1) is 38.3. The molecule has 0 radical (unpaired) electrons. The highest BCUT2D eigenvalue weighted by atomic mass is 32.1. The predicted octanol–water partition coefficient (Wildman–Crippen LogP) is 8.45. The van der Waals surface area contributed by atoms with Crippen molar-refractivity contribution in [2.75, 3.05) is 13.7 Å². The highest BCUT2D eigenvalue weighted by Crippen LogP contribution is 2.30. The van der Waals surface area contributed by atoms with Gasteiger partial charge in [0.2, 0.25) is 0 Å². The number of benzene rings is 2. The first-order valence-electron chi connectivity index (χ1n) is 14.7. The van der Waals surface area contributed by atoms with Crippen molar-refractivity contribution in [3.05, 3.63) is 126 Å². The molecule has 45 heavy (non-hydrogen) atoms. The van der Waals surface area contributed by atoms with Gasteiger partial charge in [-0.15, -0.1) is 11.3 Å². The molecule has 1 heterocycles. The van der Waals surface area contributed by atoms with Gasteiger partial charge in [-0.1, -0.05) is 94.1 Å². The van der Waals surface area contributed by atoms with Crippen LogP contribution < -0.4 is 10.1 Å². The summed E-state index contributed by atoms with van der Waals surface area (Å²) in [6, 6.07) is 19.6. The Morgan fingerprint density at radius 3 is 2.11 bits per heavy atom. The zero-order chi connectivity index (χ0) is 33.5. The summed E-state index contributed by atoms with van der Waals surface area (Å²) in [5.41, 5.74) is 3.02. The molecule has 1 amide bonds. The first-order valence-corrected chi connectivity index (χ1v) is 15.5. The molecule has 8 heteroatoms. The Hall–Kier alpha value is -4.69. The van der Waals surface area contributed by atoms with E-state index < -0.39 is 12.0 Å². The van der Waals surface area contributed by atoms with Gasteiger partial charge in [-0.2, -0.15) is 0 Å². The quantitative estimate of drug-likeness (QED) is 0.172. The van der Waals surface area contributed by atoms with Crippen molar-refractivity contribution in [1.29, 1.82) is 0 Å². The maximum Gasteiger partial charge on any atom is 0.326 e. The zero-order valence-electron chi connectivity index (χ0n) is 26.7. The van der Waals surface area contributed by atoms with Gasteiger partial charge < -0.3 is 19.9 Å². The lowest BCUT2D eigenvalue weighted by atomic mass is 10.1. The Morgan fingerprint density at radius 2 is 1.60 bits per heavy atom. The minimum atomic E-state index is -1.06. The smallest absolute Gasteiger partial charge is 0.326 e. The summed E-state index contributed by atoms with van der Waals surface area (Å²) >= 11 is 1.33. The van der Waals surface area contributed by atoms with Crippen molar-refractivity contribution in [1.82, 2.24) is 5.32 Å². The van der Waals surface area contributed by atoms with Crippen LogP contribution in [0.15, 0.2) is 116 Å². The van der Waals surface area contributed by atoms with Gasteiger partial charge in [-0.05, 0) is 65.9 Å². The van der Waals surface area contributed by atoms with E-state index in [1.54, 1.807) is 18.2 Å². The third-order valence-corrected chi connectivity index (χ3v) is 6.92.